The third kappa shape index (κ3) is 3.25. The molecule has 0 saturated carbocycles. The molecule has 3 N–H and O–H groups in total. The highest BCUT2D eigenvalue weighted by Gasteiger charge is 2.23. The van der Waals surface area contributed by atoms with Crippen molar-refractivity contribution in [2.75, 3.05) is 10.5 Å². The van der Waals surface area contributed by atoms with Gasteiger partial charge in [-0.25, -0.2) is 8.42 Å². The Morgan fingerprint density at radius 3 is 2.53 bits per heavy atom. The highest BCUT2D eigenvalue weighted by molar-refractivity contribution is 9.11. The van der Waals surface area contributed by atoms with Crippen molar-refractivity contribution in [3.05, 3.63) is 26.1 Å². The van der Waals surface area contributed by atoms with Crippen LogP contribution in [0.5, 0.6) is 0 Å². The Balaban J connectivity index is 2.45. The maximum Gasteiger partial charge on any atom is 0.266 e. The van der Waals surface area contributed by atoms with E-state index >= 15 is 0 Å². The van der Waals surface area contributed by atoms with Gasteiger partial charge in [0, 0.05) is 8.95 Å². The Kier molecular flexibility index (Phi) is 4.14. The van der Waals surface area contributed by atoms with Crippen LogP contribution in [0.3, 0.4) is 0 Å². The molecule has 0 aliphatic heterocycles. The summed E-state index contributed by atoms with van der Waals surface area (Å²) in [4.78, 5) is -0.0245. The van der Waals surface area contributed by atoms with Crippen LogP contribution in [0.4, 0.5) is 10.8 Å². The lowest BCUT2D eigenvalue weighted by Crippen LogP contribution is -2.15. The number of nitrogens with one attached hydrogen (secondary N) is 1. The van der Waals surface area contributed by atoms with Gasteiger partial charge in [0.1, 0.15) is 9.90 Å². The van der Waals surface area contributed by atoms with Crippen LogP contribution >= 0.6 is 43.2 Å². The van der Waals surface area contributed by atoms with Crippen molar-refractivity contribution in [3.63, 3.8) is 0 Å². The van der Waals surface area contributed by atoms with Crippen LogP contribution in [0.2, 0.25) is 0 Å². The van der Waals surface area contributed by atoms with E-state index in [0.717, 1.165) is 11.3 Å². The molecule has 0 fully saturated rings. The quantitative estimate of drug-likeness (QED) is 0.733. The Bertz CT molecular complexity index is 707. The molecule has 0 aliphatic carbocycles. The molecule has 0 radical (unpaired) electrons. The minimum atomic E-state index is -3.81. The van der Waals surface area contributed by atoms with Crippen molar-refractivity contribution < 1.29 is 8.42 Å². The molecule has 0 atom stereocenters. The van der Waals surface area contributed by atoms with E-state index in [1.807, 2.05) is 0 Å². The van der Waals surface area contributed by atoms with E-state index < -0.39 is 10.0 Å². The van der Waals surface area contributed by atoms with Gasteiger partial charge < -0.3 is 5.73 Å². The zero-order valence-corrected chi connectivity index (χ0v) is 14.3. The number of benzene rings is 1. The monoisotopic (exact) mass is 426 g/mol. The van der Waals surface area contributed by atoms with E-state index in [2.05, 4.69) is 46.8 Å². The lowest BCUT2D eigenvalue weighted by atomic mass is 10.3. The maximum absolute atomic E-state index is 12.3. The number of anilines is 2. The smallest absolute Gasteiger partial charge is 0.266 e. The molecule has 0 bridgehead atoms. The molecule has 0 spiro atoms. The zero-order chi connectivity index (χ0) is 14.2. The highest BCUT2D eigenvalue weighted by Crippen LogP contribution is 2.33. The first-order valence-corrected chi connectivity index (χ1v) is 8.75. The number of rotatable bonds is 3. The van der Waals surface area contributed by atoms with Gasteiger partial charge in [-0.3, -0.25) is 4.72 Å². The molecule has 0 unspecified atom stereocenters. The number of sulfonamides is 1. The summed E-state index contributed by atoms with van der Waals surface area (Å²) in [7, 11) is -3.81. The summed E-state index contributed by atoms with van der Waals surface area (Å²) in [5.74, 6) is 0. The van der Waals surface area contributed by atoms with E-state index in [1.54, 1.807) is 13.0 Å². The molecule has 2 rings (SSSR count). The summed E-state index contributed by atoms with van der Waals surface area (Å²) < 4.78 is 27.9. The molecule has 2 aromatic rings. The summed E-state index contributed by atoms with van der Waals surface area (Å²) in [5.41, 5.74) is 5.89. The maximum atomic E-state index is 12.3. The minimum absolute atomic E-state index is 0.0245. The Hall–Kier alpha value is -0.710. The molecule has 0 saturated heterocycles. The van der Waals surface area contributed by atoms with Crippen LogP contribution in [0, 0.1) is 6.92 Å². The predicted octanol–water partition coefficient (Wildman–Crippen LogP) is 2.75. The molecule has 1 heterocycles. The molecule has 6 nitrogen and oxygen atoms in total. The first kappa shape index (κ1) is 14.7. The lowest BCUT2D eigenvalue weighted by molar-refractivity contribution is 0.601. The summed E-state index contributed by atoms with van der Waals surface area (Å²) in [6.45, 7) is 1.74. The van der Waals surface area contributed by atoms with Gasteiger partial charge in [0.25, 0.3) is 10.0 Å². The Morgan fingerprint density at radius 2 is 2.00 bits per heavy atom. The number of nitrogens with zero attached hydrogens (tertiary/aromatic N) is 2. The van der Waals surface area contributed by atoms with Crippen LogP contribution in [0.1, 0.15) is 5.01 Å². The number of nitrogens with two attached hydrogens (primary N) is 1. The second kappa shape index (κ2) is 5.35. The van der Waals surface area contributed by atoms with Gasteiger partial charge in [0.2, 0.25) is 5.13 Å². The average molecular weight is 428 g/mol. The zero-order valence-electron chi connectivity index (χ0n) is 9.52. The Morgan fingerprint density at radius 1 is 1.32 bits per heavy atom. The van der Waals surface area contributed by atoms with Gasteiger partial charge in [-0.05, 0) is 35.0 Å². The van der Waals surface area contributed by atoms with Crippen LogP contribution in [0.25, 0.3) is 0 Å². The average Bonchev–Trinajstić information content (AvgIpc) is 2.60. The predicted molar refractivity (Wildman–Crippen MR) is 81.7 cm³/mol. The van der Waals surface area contributed by atoms with Gasteiger partial charge in [-0.1, -0.05) is 27.3 Å². The van der Waals surface area contributed by atoms with Crippen molar-refractivity contribution in [2.45, 2.75) is 11.8 Å². The van der Waals surface area contributed by atoms with Crippen LogP contribution in [0.15, 0.2) is 26.0 Å². The van der Waals surface area contributed by atoms with Gasteiger partial charge >= 0.3 is 0 Å². The second-order valence-electron chi connectivity index (χ2n) is 3.54. The van der Waals surface area contributed by atoms with Crippen LogP contribution in [-0.2, 0) is 10.0 Å². The molecular weight excluding hydrogens is 420 g/mol. The molecule has 0 amide bonds. The molecular formula is C9H8Br2N4O2S2. The minimum Gasteiger partial charge on any atom is -0.398 e. The molecule has 1 aromatic carbocycles. The van der Waals surface area contributed by atoms with Gasteiger partial charge in [-0.2, -0.15) is 0 Å². The number of halogens is 2. The molecule has 10 heteroatoms. The van der Waals surface area contributed by atoms with Crippen molar-refractivity contribution in [1.29, 1.82) is 0 Å². The summed E-state index contributed by atoms with van der Waals surface area (Å²) in [6, 6.07) is 3.13. The van der Waals surface area contributed by atoms with Crippen LogP contribution in [-0.4, -0.2) is 18.6 Å². The van der Waals surface area contributed by atoms with E-state index in [9.17, 15) is 8.42 Å². The van der Waals surface area contributed by atoms with Gasteiger partial charge in [0.15, 0.2) is 0 Å². The number of aryl methyl sites for hydroxylation is 1. The van der Waals surface area contributed by atoms with E-state index in [0.29, 0.717) is 14.0 Å². The molecule has 19 heavy (non-hydrogen) atoms. The molecule has 0 aliphatic rings. The lowest BCUT2D eigenvalue weighted by Gasteiger charge is -2.10. The third-order valence-corrected chi connectivity index (χ3v) is 5.74. The van der Waals surface area contributed by atoms with Crippen LogP contribution < -0.4 is 10.5 Å². The van der Waals surface area contributed by atoms with Gasteiger partial charge in [0.05, 0.1) is 5.69 Å². The summed E-state index contributed by atoms with van der Waals surface area (Å²) in [6.07, 6.45) is 0. The fourth-order valence-electron chi connectivity index (χ4n) is 1.37. The van der Waals surface area contributed by atoms with E-state index in [-0.39, 0.29) is 15.7 Å². The number of hydrogen-bond acceptors (Lipinski definition) is 6. The fraction of sp³-hybridized carbons (Fsp3) is 0.111. The van der Waals surface area contributed by atoms with Gasteiger partial charge in [-0.15, -0.1) is 10.2 Å². The second-order valence-corrected chi connectivity index (χ2v) is 8.11. The topological polar surface area (TPSA) is 98.0 Å². The fourth-order valence-corrected chi connectivity index (χ4v) is 5.26. The van der Waals surface area contributed by atoms with Crippen molar-refractivity contribution in [1.82, 2.24) is 10.2 Å². The standard InChI is InChI=1S/C9H8Br2N4O2S2/c1-4-13-14-9(18-4)15-19(16,17)8-6(11)2-5(10)3-7(8)12/h2-3H,12H2,1H3,(H,14,15). The normalized spacial score (nSPS) is 11.5. The van der Waals surface area contributed by atoms with Crippen molar-refractivity contribution >= 4 is 64.0 Å². The SMILES string of the molecule is Cc1nnc(NS(=O)(=O)c2c(N)cc(Br)cc2Br)s1. The summed E-state index contributed by atoms with van der Waals surface area (Å²) in [5, 5.41) is 8.33. The Labute approximate surface area is 130 Å². The van der Waals surface area contributed by atoms with Crippen molar-refractivity contribution in [2.24, 2.45) is 0 Å². The third-order valence-electron chi connectivity index (χ3n) is 2.05. The highest BCUT2D eigenvalue weighted by atomic mass is 79.9. The molecule has 1 aromatic heterocycles. The number of aromatic nitrogens is 2. The van der Waals surface area contributed by atoms with E-state index in [1.165, 1.54) is 6.07 Å². The number of hydrogen-bond donors (Lipinski definition) is 2. The molecule has 102 valence electrons. The summed E-state index contributed by atoms with van der Waals surface area (Å²) >= 11 is 7.58. The number of nitrogen functional groups attached to an aromatic ring is 1. The van der Waals surface area contributed by atoms with Crippen molar-refractivity contribution in [3.8, 4) is 0 Å². The first-order chi connectivity index (χ1) is 8.79. The first-order valence-electron chi connectivity index (χ1n) is 4.87. The van der Waals surface area contributed by atoms with E-state index in [4.69, 9.17) is 5.73 Å². The largest absolute Gasteiger partial charge is 0.398 e.